The SMILES string of the molecule is C=CC(C)c1cc(C)cc(Br)c1. The van der Waals surface area contributed by atoms with Gasteiger partial charge in [-0.25, -0.2) is 0 Å². The highest BCUT2D eigenvalue weighted by molar-refractivity contribution is 9.10. The standard InChI is InChI=1S/C11H13Br/c1-4-9(3)10-5-8(2)6-11(12)7-10/h4-7,9H,1H2,2-3H3. The molecule has 12 heavy (non-hydrogen) atoms. The Hall–Kier alpha value is -0.560. The molecule has 1 aromatic rings. The molecule has 0 aromatic heterocycles. The minimum absolute atomic E-state index is 0.432. The fourth-order valence-corrected chi connectivity index (χ4v) is 1.79. The molecule has 1 unspecified atom stereocenters. The third-order valence-corrected chi connectivity index (χ3v) is 2.40. The third-order valence-electron chi connectivity index (χ3n) is 1.94. The van der Waals surface area contributed by atoms with Crippen LogP contribution in [0.25, 0.3) is 0 Å². The van der Waals surface area contributed by atoms with E-state index >= 15 is 0 Å². The molecule has 0 saturated carbocycles. The Kier molecular flexibility index (Phi) is 3.10. The van der Waals surface area contributed by atoms with Gasteiger partial charge in [0.2, 0.25) is 0 Å². The van der Waals surface area contributed by atoms with Gasteiger partial charge in [0.05, 0.1) is 0 Å². The summed E-state index contributed by atoms with van der Waals surface area (Å²) in [6.07, 6.45) is 1.96. The first-order valence-electron chi connectivity index (χ1n) is 4.03. The number of hydrogen-bond donors (Lipinski definition) is 0. The lowest BCUT2D eigenvalue weighted by Gasteiger charge is -2.07. The van der Waals surface area contributed by atoms with E-state index in [1.54, 1.807) is 0 Å². The van der Waals surface area contributed by atoms with E-state index < -0.39 is 0 Å². The first-order valence-corrected chi connectivity index (χ1v) is 4.82. The van der Waals surface area contributed by atoms with E-state index in [-0.39, 0.29) is 0 Å². The number of hydrogen-bond acceptors (Lipinski definition) is 0. The molecule has 0 nitrogen and oxygen atoms in total. The zero-order valence-electron chi connectivity index (χ0n) is 7.47. The molecule has 0 saturated heterocycles. The van der Waals surface area contributed by atoms with Crippen molar-refractivity contribution in [2.45, 2.75) is 19.8 Å². The number of halogens is 1. The third kappa shape index (κ3) is 2.21. The highest BCUT2D eigenvalue weighted by Gasteiger charge is 2.01. The average Bonchev–Trinajstić information content (AvgIpc) is 2.01. The van der Waals surface area contributed by atoms with E-state index in [4.69, 9.17) is 0 Å². The summed E-state index contributed by atoms with van der Waals surface area (Å²) in [4.78, 5) is 0. The molecule has 1 rings (SSSR count). The molecule has 0 bridgehead atoms. The molecule has 0 fully saturated rings. The van der Waals surface area contributed by atoms with Crippen LogP contribution in [0.5, 0.6) is 0 Å². The van der Waals surface area contributed by atoms with E-state index in [0.29, 0.717) is 5.92 Å². The summed E-state index contributed by atoms with van der Waals surface area (Å²) in [6, 6.07) is 6.44. The van der Waals surface area contributed by atoms with Gasteiger partial charge in [0.25, 0.3) is 0 Å². The van der Waals surface area contributed by atoms with Crippen LogP contribution in [-0.2, 0) is 0 Å². The lowest BCUT2D eigenvalue weighted by molar-refractivity contribution is 0.966. The minimum Gasteiger partial charge on any atom is -0.102 e. The van der Waals surface area contributed by atoms with Gasteiger partial charge in [-0.05, 0) is 36.1 Å². The smallest absolute Gasteiger partial charge is 0.0180 e. The molecule has 1 heteroatoms. The molecule has 0 aliphatic carbocycles. The van der Waals surface area contributed by atoms with Crippen molar-refractivity contribution < 1.29 is 0 Å². The fraction of sp³-hybridized carbons (Fsp3) is 0.273. The van der Waals surface area contributed by atoms with Gasteiger partial charge in [-0.15, -0.1) is 6.58 Å². The van der Waals surface area contributed by atoms with Crippen LogP contribution in [0.4, 0.5) is 0 Å². The van der Waals surface area contributed by atoms with Crippen molar-refractivity contribution in [1.82, 2.24) is 0 Å². The Bertz CT molecular complexity index is 269. The van der Waals surface area contributed by atoms with Gasteiger partial charge in [0, 0.05) is 4.47 Å². The molecule has 0 spiro atoms. The average molecular weight is 225 g/mol. The summed E-state index contributed by atoms with van der Waals surface area (Å²) in [5.74, 6) is 0.432. The van der Waals surface area contributed by atoms with Crippen molar-refractivity contribution in [1.29, 1.82) is 0 Å². The molecule has 0 N–H and O–H groups in total. The lowest BCUT2D eigenvalue weighted by atomic mass is 10.00. The molecule has 0 aliphatic rings. The van der Waals surface area contributed by atoms with Gasteiger partial charge in [-0.3, -0.25) is 0 Å². The van der Waals surface area contributed by atoms with E-state index in [0.717, 1.165) is 4.47 Å². The van der Waals surface area contributed by atoms with E-state index in [1.807, 2.05) is 6.08 Å². The zero-order valence-corrected chi connectivity index (χ0v) is 9.06. The van der Waals surface area contributed by atoms with Crippen molar-refractivity contribution in [2.75, 3.05) is 0 Å². The molecule has 0 amide bonds. The Morgan fingerprint density at radius 1 is 1.42 bits per heavy atom. The van der Waals surface area contributed by atoms with Crippen LogP contribution in [-0.4, -0.2) is 0 Å². The molecule has 0 aliphatic heterocycles. The van der Waals surface area contributed by atoms with Crippen LogP contribution in [0.3, 0.4) is 0 Å². The highest BCUT2D eigenvalue weighted by Crippen LogP contribution is 2.22. The normalized spacial score (nSPS) is 12.6. The van der Waals surface area contributed by atoms with Gasteiger partial charge < -0.3 is 0 Å². The maximum absolute atomic E-state index is 3.78. The second kappa shape index (κ2) is 3.90. The Labute approximate surface area is 82.4 Å². The van der Waals surface area contributed by atoms with Crippen LogP contribution in [0.1, 0.15) is 24.0 Å². The molecular weight excluding hydrogens is 212 g/mol. The number of rotatable bonds is 2. The summed E-state index contributed by atoms with van der Waals surface area (Å²) in [6.45, 7) is 8.03. The van der Waals surface area contributed by atoms with E-state index in [1.165, 1.54) is 11.1 Å². The topological polar surface area (TPSA) is 0 Å². The molecule has 0 heterocycles. The van der Waals surface area contributed by atoms with Gasteiger partial charge in [0.15, 0.2) is 0 Å². The predicted octanol–water partition coefficient (Wildman–Crippen LogP) is 4.05. The van der Waals surface area contributed by atoms with E-state index in [9.17, 15) is 0 Å². The molecule has 1 atom stereocenters. The Morgan fingerprint density at radius 3 is 2.58 bits per heavy atom. The van der Waals surface area contributed by atoms with Crippen molar-refractivity contribution >= 4 is 15.9 Å². The monoisotopic (exact) mass is 224 g/mol. The second-order valence-electron chi connectivity index (χ2n) is 3.09. The number of benzene rings is 1. The van der Waals surface area contributed by atoms with Crippen molar-refractivity contribution in [2.24, 2.45) is 0 Å². The summed E-state index contributed by atoms with van der Waals surface area (Å²) in [5.41, 5.74) is 2.60. The van der Waals surface area contributed by atoms with Gasteiger partial charge >= 0.3 is 0 Å². The molecular formula is C11H13Br. The molecule has 64 valence electrons. The quantitative estimate of drug-likeness (QED) is 0.666. The maximum atomic E-state index is 3.78. The summed E-state index contributed by atoms with van der Waals surface area (Å²) < 4.78 is 1.14. The van der Waals surface area contributed by atoms with Crippen LogP contribution in [0, 0.1) is 6.92 Å². The Balaban J connectivity index is 3.08. The summed E-state index contributed by atoms with van der Waals surface area (Å²) in [5, 5.41) is 0. The van der Waals surface area contributed by atoms with Gasteiger partial charge in [0.1, 0.15) is 0 Å². The van der Waals surface area contributed by atoms with Crippen molar-refractivity contribution in [3.63, 3.8) is 0 Å². The van der Waals surface area contributed by atoms with Crippen LogP contribution < -0.4 is 0 Å². The van der Waals surface area contributed by atoms with E-state index in [2.05, 4.69) is 54.6 Å². The zero-order chi connectivity index (χ0) is 9.14. The molecule has 0 radical (unpaired) electrons. The number of aryl methyl sites for hydroxylation is 1. The minimum atomic E-state index is 0.432. The predicted molar refractivity (Wildman–Crippen MR) is 57.5 cm³/mol. The maximum Gasteiger partial charge on any atom is 0.0180 e. The van der Waals surface area contributed by atoms with Crippen molar-refractivity contribution in [3.8, 4) is 0 Å². The first kappa shape index (κ1) is 9.53. The van der Waals surface area contributed by atoms with Gasteiger partial charge in [-0.1, -0.05) is 35.0 Å². The summed E-state index contributed by atoms with van der Waals surface area (Å²) >= 11 is 3.48. The first-order chi connectivity index (χ1) is 5.63. The number of allylic oxidation sites excluding steroid dienone is 1. The van der Waals surface area contributed by atoms with Crippen LogP contribution in [0.2, 0.25) is 0 Å². The lowest BCUT2D eigenvalue weighted by Crippen LogP contribution is -1.89. The van der Waals surface area contributed by atoms with Crippen LogP contribution >= 0.6 is 15.9 Å². The van der Waals surface area contributed by atoms with Crippen molar-refractivity contribution in [3.05, 3.63) is 46.5 Å². The molecule has 1 aromatic carbocycles. The highest BCUT2D eigenvalue weighted by atomic mass is 79.9. The Morgan fingerprint density at radius 2 is 2.08 bits per heavy atom. The van der Waals surface area contributed by atoms with Crippen LogP contribution in [0.15, 0.2) is 35.3 Å². The largest absolute Gasteiger partial charge is 0.102 e. The van der Waals surface area contributed by atoms with Gasteiger partial charge in [-0.2, -0.15) is 0 Å². The fourth-order valence-electron chi connectivity index (χ4n) is 1.16. The second-order valence-corrected chi connectivity index (χ2v) is 4.00. The summed E-state index contributed by atoms with van der Waals surface area (Å²) in [7, 11) is 0.